The molecule has 0 bridgehead atoms. The third kappa shape index (κ3) is 2.90. The van der Waals surface area contributed by atoms with Crippen molar-refractivity contribution >= 4 is 29.6 Å². The topological polar surface area (TPSA) is 42.0 Å². The fourth-order valence-electron chi connectivity index (χ4n) is 1.60. The normalized spacial score (nSPS) is 10.1. The maximum absolute atomic E-state index is 11.0. The fraction of sp³-hybridized carbons (Fsp3) is 0.143. The molecule has 3 nitrogen and oxygen atoms in total. The van der Waals surface area contributed by atoms with Crippen LogP contribution in [-0.2, 0) is 0 Å². The number of thioether (sulfide) groups is 1. The van der Waals surface area contributed by atoms with Gasteiger partial charge in [-0.25, -0.2) is 4.98 Å². The van der Waals surface area contributed by atoms with Crippen LogP contribution in [0.5, 0.6) is 0 Å². The number of rotatable bonds is 4. The van der Waals surface area contributed by atoms with Crippen molar-refractivity contribution in [1.29, 1.82) is 0 Å². The largest absolute Gasteiger partial charge is 0.340 e. The highest BCUT2D eigenvalue weighted by Crippen LogP contribution is 2.23. The first kappa shape index (κ1) is 12.6. The second kappa shape index (κ2) is 5.69. The minimum Gasteiger partial charge on any atom is -0.340 e. The number of benzene rings is 1. The highest BCUT2D eigenvalue weighted by molar-refractivity contribution is 7.98. The molecule has 1 aromatic heterocycles. The zero-order valence-electron chi connectivity index (χ0n) is 10.3. The van der Waals surface area contributed by atoms with Crippen LogP contribution in [0, 0.1) is 6.92 Å². The van der Waals surface area contributed by atoms with E-state index in [1.165, 1.54) is 4.90 Å². The van der Waals surface area contributed by atoms with Gasteiger partial charge in [0.1, 0.15) is 5.82 Å². The highest BCUT2D eigenvalue weighted by Gasteiger charge is 2.04. The summed E-state index contributed by atoms with van der Waals surface area (Å²) in [4.78, 5) is 16.5. The zero-order valence-corrected chi connectivity index (χ0v) is 11.1. The first-order valence-corrected chi connectivity index (χ1v) is 6.79. The molecule has 0 unspecified atom stereocenters. The molecule has 0 aliphatic heterocycles. The number of hydrogen-bond acceptors (Lipinski definition) is 4. The summed E-state index contributed by atoms with van der Waals surface area (Å²) in [6.45, 7) is 1.90. The van der Waals surface area contributed by atoms with Crippen LogP contribution in [0.2, 0.25) is 0 Å². The zero-order chi connectivity index (χ0) is 13.0. The lowest BCUT2D eigenvalue weighted by Crippen LogP contribution is -1.99. The van der Waals surface area contributed by atoms with Gasteiger partial charge in [-0.2, -0.15) is 0 Å². The predicted octanol–water partition coefficient (Wildman–Crippen LogP) is 3.67. The molecule has 2 aromatic rings. The molecule has 0 spiro atoms. The van der Waals surface area contributed by atoms with E-state index in [1.807, 2.05) is 43.5 Å². The average Bonchev–Trinajstić information content (AvgIpc) is 2.39. The smallest absolute Gasteiger partial charge is 0.153 e. The Kier molecular flexibility index (Phi) is 3.99. The fourth-order valence-corrected chi connectivity index (χ4v) is 2.06. The lowest BCUT2D eigenvalue weighted by atomic mass is 10.2. The monoisotopic (exact) mass is 258 g/mol. The SMILES string of the molecule is CSc1cccc(Nc2nc(C)ccc2C=O)c1. The van der Waals surface area contributed by atoms with Crippen LogP contribution in [0.4, 0.5) is 11.5 Å². The van der Waals surface area contributed by atoms with Gasteiger partial charge in [-0.1, -0.05) is 6.07 Å². The summed E-state index contributed by atoms with van der Waals surface area (Å²) in [5.74, 6) is 0.600. The van der Waals surface area contributed by atoms with Crippen molar-refractivity contribution in [3.05, 3.63) is 47.7 Å². The maximum Gasteiger partial charge on any atom is 0.153 e. The molecule has 18 heavy (non-hydrogen) atoms. The second-order valence-electron chi connectivity index (χ2n) is 3.87. The molecule has 1 heterocycles. The molecule has 0 aliphatic carbocycles. The van der Waals surface area contributed by atoms with Gasteiger partial charge in [0, 0.05) is 16.3 Å². The predicted molar refractivity (Wildman–Crippen MR) is 75.9 cm³/mol. The summed E-state index contributed by atoms with van der Waals surface area (Å²) >= 11 is 1.68. The molecule has 0 fully saturated rings. The van der Waals surface area contributed by atoms with Crippen molar-refractivity contribution in [3.8, 4) is 0 Å². The third-order valence-corrected chi connectivity index (χ3v) is 3.25. The first-order chi connectivity index (χ1) is 8.72. The van der Waals surface area contributed by atoms with Crippen molar-refractivity contribution in [3.63, 3.8) is 0 Å². The quantitative estimate of drug-likeness (QED) is 0.671. The van der Waals surface area contributed by atoms with Gasteiger partial charge < -0.3 is 5.32 Å². The van der Waals surface area contributed by atoms with Crippen LogP contribution < -0.4 is 5.32 Å². The van der Waals surface area contributed by atoms with Gasteiger partial charge in [0.15, 0.2) is 6.29 Å². The molecule has 0 saturated heterocycles. The Morgan fingerprint density at radius 3 is 2.83 bits per heavy atom. The number of aryl methyl sites for hydroxylation is 1. The summed E-state index contributed by atoms with van der Waals surface area (Å²) < 4.78 is 0. The lowest BCUT2D eigenvalue weighted by molar-refractivity contribution is 0.112. The van der Waals surface area contributed by atoms with Crippen molar-refractivity contribution in [2.75, 3.05) is 11.6 Å². The van der Waals surface area contributed by atoms with E-state index in [1.54, 1.807) is 17.8 Å². The summed E-state index contributed by atoms with van der Waals surface area (Å²) in [5.41, 5.74) is 2.38. The van der Waals surface area contributed by atoms with Gasteiger partial charge in [0.25, 0.3) is 0 Å². The van der Waals surface area contributed by atoms with E-state index in [9.17, 15) is 4.79 Å². The number of aromatic nitrogens is 1. The molecule has 0 atom stereocenters. The van der Waals surface area contributed by atoms with Gasteiger partial charge in [-0.15, -0.1) is 11.8 Å². The number of carbonyl (C=O) groups is 1. The molecule has 1 N–H and O–H groups in total. The van der Waals surface area contributed by atoms with E-state index >= 15 is 0 Å². The molecule has 1 aromatic carbocycles. The minimum atomic E-state index is 0.565. The third-order valence-electron chi connectivity index (χ3n) is 2.53. The van der Waals surface area contributed by atoms with E-state index in [4.69, 9.17) is 0 Å². The van der Waals surface area contributed by atoms with Crippen LogP contribution in [-0.4, -0.2) is 17.5 Å². The van der Waals surface area contributed by atoms with E-state index in [0.29, 0.717) is 11.4 Å². The van der Waals surface area contributed by atoms with E-state index in [0.717, 1.165) is 17.7 Å². The van der Waals surface area contributed by atoms with Crippen LogP contribution in [0.25, 0.3) is 0 Å². The van der Waals surface area contributed by atoms with Crippen LogP contribution in [0.1, 0.15) is 16.1 Å². The summed E-state index contributed by atoms with van der Waals surface area (Å²) in [5, 5.41) is 3.18. The second-order valence-corrected chi connectivity index (χ2v) is 4.74. The molecule has 2 rings (SSSR count). The van der Waals surface area contributed by atoms with Gasteiger partial charge in [0.05, 0.1) is 5.56 Å². The Morgan fingerprint density at radius 1 is 1.28 bits per heavy atom. The Balaban J connectivity index is 2.32. The number of nitrogens with zero attached hydrogens (tertiary/aromatic N) is 1. The van der Waals surface area contributed by atoms with Crippen LogP contribution in [0.3, 0.4) is 0 Å². The molecular formula is C14H14N2OS. The van der Waals surface area contributed by atoms with Gasteiger partial charge >= 0.3 is 0 Å². The molecular weight excluding hydrogens is 244 g/mol. The Bertz CT molecular complexity index is 569. The Labute approximate surface area is 111 Å². The van der Waals surface area contributed by atoms with Gasteiger partial charge in [-0.05, 0) is 43.5 Å². The van der Waals surface area contributed by atoms with Gasteiger partial charge in [-0.3, -0.25) is 4.79 Å². The van der Waals surface area contributed by atoms with E-state index in [-0.39, 0.29) is 0 Å². The molecule has 0 amide bonds. The standard InChI is InChI=1S/C14H14N2OS/c1-10-6-7-11(9-17)14(15-10)16-12-4-3-5-13(8-12)18-2/h3-9H,1-2H3,(H,15,16). The van der Waals surface area contributed by atoms with E-state index < -0.39 is 0 Å². The van der Waals surface area contributed by atoms with Crippen molar-refractivity contribution in [2.24, 2.45) is 0 Å². The minimum absolute atomic E-state index is 0.565. The Morgan fingerprint density at radius 2 is 2.11 bits per heavy atom. The molecule has 92 valence electrons. The van der Waals surface area contributed by atoms with Crippen molar-refractivity contribution in [2.45, 2.75) is 11.8 Å². The number of anilines is 2. The summed E-state index contributed by atoms with van der Waals surface area (Å²) in [6.07, 6.45) is 2.84. The lowest BCUT2D eigenvalue weighted by Gasteiger charge is -2.09. The number of carbonyl (C=O) groups excluding carboxylic acids is 1. The molecule has 4 heteroatoms. The number of nitrogens with one attached hydrogen (secondary N) is 1. The van der Waals surface area contributed by atoms with Gasteiger partial charge in [0.2, 0.25) is 0 Å². The van der Waals surface area contributed by atoms with Crippen LogP contribution >= 0.6 is 11.8 Å². The molecule has 0 saturated carbocycles. The maximum atomic E-state index is 11.0. The average molecular weight is 258 g/mol. The number of aldehydes is 1. The number of hydrogen-bond donors (Lipinski definition) is 1. The highest BCUT2D eigenvalue weighted by atomic mass is 32.2. The molecule has 0 aliphatic rings. The number of pyridine rings is 1. The summed E-state index contributed by atoms with van der Waals surface area (Å²) in [7, 11) is 0. The van der Waals surface area contributed by atoms with Crippen molar-refractivity contribution < 1.29 is 4.79 Å². The van der Waals surface area contributed by atoms with Crippen molar-refractivity contribution in [1.82, 2.24) is 4.98 Å². The Hall–Kier alpha value is -1.81. The first-order valence-electron chi connectivity index (χ1n) is 5.57. The summed E-state index contributed by atoms with van der Waals surface area (Å²) in [6, 6.07) is 11.6. The molecule has 0 radical (unpaired) electrons. The van der Waals surface area contributed by atoms with Crippen LogP contribution in [0.15, 0.2) is 41.3 Å². The van der Waals surface area contributed by atoms with E-state index in [2.05, 4.69) is 10.3 Å².